The Labute approximate surface area is 451 Å². The molecule has 0 bridgehead atoms. The first-order chi connectivity index (χ1) is 37.1. The number of nitrogens with one attached hydrogen (secondary N) is 7. The van der Waals surface area contributed by atoms with Crippen molar-refractivity contribution in [2.75, 3.05) is 32.5 Å². The van der Waals surface area contributed by atoms with Gasteiger partial charge >= 0.3 is 6.03 Å². The van der Waals surface area contributed by atoms with Crippen molar-refractivity contribution in [1.82, 2.24) is 46.5 Å². The highest BCUT2D eigenvalue weighted by Gasteiger charge is 2.61. The van der Waals surface area contributed by atoms with Crippen molar-refractivity contribution in [2.24, 2.45) is 5.92 Å². The zero-order valence-electron chi connectivity index (χ0n) is 42.8. The fourth-order valence-electron chi connectivity index (χ4n) is 10.0. The quantitative estimate of drug-likeness (QED) is 0.0203. The van der Waals surface area contributed by atoms with Crippen LogP contribution in [0.2, 0.25) is 0 Å². The number of fused-ring (bicyclic) bond motifs is 2. The first-order valence-electron chi connectivity index (χ1n) is 25.8. The first kappa shape index (κ1) is 55.8. The van der Waals surface area contributed by atoms with Crippen LogP contribution in [0.3, 0.4) is 0 Å². The van der Waals surface area contributed by atoms with Crippen molar-refractivity contribution in [3.05, 3.63) is 110 Å². The van der Waals surface area contributed by atoms with Crippen LogP contribution in [-0.2, 0) is 38.8 Å². The maximum absolute atomic E-state index is 14.9. The largest absolute Gasteiger partial charge is 0.497 e. The summed E-state index contributed by atoms with van der Waals surface area (Å²) in [6.07, 6.45) is 6.05. The Morgan fingerprint density at radius 3 is 2.38 bits per heavy atom. The van der Waals surface area contributed by atoms with Gasteiger partial charge in [-0.25, -0.2) is 22.9 Å². The van der Waals surface area contributed by atoms with Gasteiger partial charge in [0.15, 0.2) is 0 Å². The van der Waals surface area contributed by atoms with E-state index in [1.807, 2.05) is 42.1 Å². The number of thioether (sulfide) groups is 1. The van der Waals surface area contributed by atoms with Crippen molar-refractivity contribution in [3.63, 3.8) is 0 Å². The second-order valence-corrected chi connectivity index (χ2v) is 22.5. The van der Waals surface area contributed by atoms with Crippen LogP contribution in [-0.4, -0.2) is 133 Å². The zero-order chi connectivity index (χ0) is 54.7. The number of rotatable bonds is 26. The van der Waals surface area contributed by atoms with Gasteiger partial charge in [0.05, 0.1) is 41.8 Å². The molecule has 7 N–H and O–H groups in total. The number of urea groups is 1. The van der Waals surface area contributed by atoms with E-state index in [0.717, 1.165) is 36.7 Å². The second kappa shape index (κ2) is 25.1. The smallest absolute Gasteiger partial charge is 0.315 e. The zero-order valence-corrected chi connectivity index (χ0v) is 44.4. The molecule has 1 aromatic heterocycles. The number of unbranched alkanes of at least 4 members (excludes halogenated alkanes) is 3. The van der Waals surface area contributed by atoms with Gasteiger partial charge in [0.2, 0.25) is 29.5 Å². The molecule has 3 aliphatic heterocycles. The van der Waals surface area contributed by atoms with Crippen molar-refractivity contribution in [3.8, 4) is 22.8 Å². The summed E-state index contributed by atoms with van der Waals surface area (Å²) in [6.45, 7) is 7.17. The Balaban J connectivity index is 0.946. The number of ether oxygens (including phenoxy) is 2. The van der Waals surface area contributed by atoms with Crippen LogP contribution in [0.1, 0.15) is 64.2 Å². The monoisotopic (exact) mass is 1090 g/mol. The minimum Gasteiger partial charge on any atom is -0.497 e. The standard InChI is InChI=1S/C55H65N9O11S2/c1-4-35-30-55(35,53(70)63-77(72,73)38-19-11-7-12-20-38)62-51(68)44-28-37(75-45-29-40(34-17-9-6-10-18-34)58-41-27-36(74-3)24-25-39(41)45)32-64(44)52(69)42(31-57-47(65)5-2)59-49(67)23-13-8-16-26-56-48(66)22-15-14-21-46-50-43(33-76-46)60-54(71)61-50/h4-7,9-12,17-20,24-25,27,29,35,37,42-44,46,50H,1-2,8,13-16,21-23,26,28,30-33H2,3H3,(H,56,66)(H,57,65)(H,59,67)(H,62,68)(H,63,70)(H2,60,61,71)/t35-,37-,42+,43?,44+,46?,50?,55-/m1/s1. The van der Waals surface area contributed by atoms with E-state index in [1.165, 1.54) is 35.2 Å². The maximum atomic E-state index is 14.9. The Hall–Kier alpha value is -7.46. The Bertz CT molecular complexity index is 2990. The van der Waals surface area contributed by atoms with Crippen LogP contribution in [0, 0.1) is 5.92 Å². The van der Waals surface area contributed by atoms with Gasteiger partial charge < -0.3 is 46.3 Å². The number of carbonyl (C=O) groups excluding carboxylic acids is 7. The van der Waals surface area contributed by atoms with Gasteiger partial charge in [-0.2, -0.15) is 11.8 Å². The van der Waals surface area contributed by atoms with Crippen LogP contribution in [0.25, 0.3) is 22.2 Å². The number of benzene rings is 3. The van der Waals surface area contributed by atoms with Gasteiger partial charge in [-0.1, -0.05) is 74.0 Å². The average Bonchev–Trinajstić information content (AvgIpc) is 3.82. The third kappa shape index (κ3) is 13.8. The van der Waals surface area contributed by atoms with E-state index in [2.05, 4.69) is 49.8 Å². The molecule has 4 aromatic rings. The van der Waals surface area contributed by atoms with Crippen LogP contribution >= 0.6 is 11.8 Å². The molecule has 20 nitrogen and oxygen atoms in total. The van der Waals surface area contributed by atoms with Gasteiger partial charge in [-0.15, -0.1) is 6.58 Å². The molecule has 4 heterocycles. The predicted octanol–water partition coefficient (Wildman–Crippen LogP) is 4.01. The van der Waals surface area contributed by atoms with Crippen molar-refractivity contribution in [2.45, 2.75) is 110 Å². The number of nitrogens with zero attached hydrogens (tertiary/aromatic N) is 2. The van der Waals surface area contributed by atoms with Crippen LogP contribution in [0.4, 0.5) is 4.79 Å². The number of aromatic nitrogens is 1. The molecule has 4 aliphatic rings. The highest BCUT2D eigenvalue weighted by atomic mass is 32.2. The molecule has 0 spiro atoms. The summed E-state index contributed by atoms with van der Waals surface area (Å²) < 4.78 is 41.0. The molecular weight excluding hydrogens is 1030 g/mol. The third-order valence-electron chi connectivity index (χ3n) is 14.3. The Morgan fingerprint density at radius 2 is 1.65 bits per heavy atom. The minimum atomic E-state index is -4.36. The average molecular weight is 1090 g/mol. The minimum absolute atomic E-state index is 0.00982. The summed E-state index contributed by atoms with van der Waals surface area (Å²) in [4.78, 5) is 100. The van der Waals surface area contributed by atoms with E-state index >= 15 is 0 Å². The summed E-state index contributed by atoms with van der Waals surface area (Å²) >= 11 is 1.84. The highest BCUT2D eigenvalue weighted by molar-refractivity contribution is 8.00. The highest BCUT2D eigenvalue weighted by Crippen LogP contribution is 2.45. The molecule has 0 radical (unpaired) electrons. The van der Waals surface area contributed by atoms with Gasteiger partial charge in [0, 0.05) is 72.4 Å². The normalized spacial score (nSPS) is 22.6. The molecule has 8 atom stereocenters. The number of sulfonamides is 1. The number of likely N-dealkylation sites (tertiary alicyclic amines) is 1. The molecule has 1 aliphatic carbocycles. The number of amides is 8. The molecule has 3 unspecified atom stereocenters. The van der Waals surface area contributed by atoms with E-state index in [9.17, 15) is 42.0 Å². The lowest BCUT2D eigenvalue weighted by Crippen LogP contribution is -2.59. The number of hydrogen-bond acceptors (Lipinski definition) is 13. The molecule has 3 aromatic carbocycles. The summed E-state index contributed by atoms with van der Waals surface area (Å²) in [6, 6.07) is 21.3. The van der Waals surface area contributed by atoms with E-state index in [-0.39, 0.29) is 61.3 Å². The molecule has 77 heavy (non-hydrogen) atoms. The van der Waals surface area contributed by atoms with Crippen molar-refractivity contribution in [1.29, 1.82) is 0 Å². The number of hydrogen-bond donors (Lipinski definition) is 7. The number of pyridine rings is 1. The molecule has 4 fully saturated rings. The molecule has 408 valence electrons. The Morgan fingerprint density at radius 1 is 0.909 bits per heavy atom. The van der Waals surface area contributed by atoms with E-state index in [1.54, 1.807) is 37.4 Å². The molecular formula is C55H65N9O11S2. The van der Waals surface area contributed by atoms with Gasteiger partial charge in [0.25, 0.3) is 15.9 Å². The summed E-state index contributed by atoms with van der Waals surface area (Å²) in [5.74, 6) is -2.51. The lowest BCUT2D eigenvalue weighted by molar-refractivity contribution is -0.142. The van der Waals surface area contributed by atoms with Crippen molar-refractivity contribution < 1.29 is 51.5 Å². The fraction of sp³-hybridized carbons (Fsp3) is 0.418. The van der Waals surface area contributed by atoms with Crippen LogP contribution in [0.5, 0.6) is 11.5 Å². The molecule has 22 heteroatoms. The predicted molar refractivity (Wildman–Crippen MR) is 290 cm³/mol. The fourth-order valence-corrected chi connectivity index (χ4v) is 12.6. The maximum Gasteiger partial charge on any atom is 0.315 e. The first-order valence-corrected chi connectivity index (χ1v) is 28.4. The molecule has 8 rings (SSSR count). The summed E-state index contributed by atoms with van der Waals surface area (Å²) in [5.41, 5.74) is 0.188. The topological polar surface area (TPSA) is 272 Å². The molecule has 1 saturated carbocycles. The summed E-state index contributed by atoms with van der Waals surface area (Å²) in [5, 5.41) is 17.9. The van der Waals surface area contributed by atoms with Gasteiger partial charge in [-0.05, 0) is 62.4 Å². The summed E-state index contributed by atoms with van der Waals surface area (Å²) in [7, 11) is -2.82. The van der Waals surface area contributed by atoms with Gasteiger partial charge in [0.1, 0.15) is 35.2 Å². The van der Waals surface area contributed by atoms with E-state index in [0.29, 0.717) is 65.6 Å². The molecule has 3 saturated heterocycles. The number of carbonyl (C=O) groups is 7. The van der Waals surface area contributed by atoms with Crippen molar-refractivity contribution >= 4 is 74.2 Å². The SMILES string of the molecule is C=CC(=O)NC[C@H](NC(=O)CCCCCNC(=O)CCCCC1SCC2NC(=O)NC21)C(=O)N1C[C@H](Oc2cc(-c3ccccc3)nc3cc(OC)ccc23)C[C@H]1C(=O)N[C@]1(C(=O)NS(=O)(=O)c2ccccc2)C[C@H]1C=C. The molecule has 8 amide bonds. The third-order valence-corrected chi connectivity index (χ3v) is 17.2. The van der Waals surface area contributed by atoms with E-state index < -0.39 is 69.2 Å². The lowest BCUT2D eigenvalue weighted by Gasteiger charge is -2.30. The number of methoxy groups -OCH3 is 1. The van der Waals surface area contributed by atoms with E-state index in [4.69, 9.17) is 14.5 Å². The second-order valence-electron chi connectivity index (χ2n) is 19.6. The van der Waals surface area contributed by atoms with Crippen LogP contribution in [0.15, 0.2) is 115 Å². The lowest BCUT2D eigenvalue weighted by atomic mass is 10.0. The van der Waals surface area contributed by atoms with Gasteiger partial charge in [-0.3, -0.25) is 28.8 Å². The van der Waals surface area contributed by atoms with Crippen LogP contribution < -0.4 is 46.1 Å². The Kier molecular flexibility index (Phi) is 18.2.